The van der Waals surface area contributed by atoms with Crippen LogP contribution in [0.25, 0.3) is 11.6 Å². The van der Waals surface area contributed by atoms with E-state index in [1.54, 1.807) is 31.4 Å². The third kappa shape index (κ3) is 5.40. The molecule has 0 aliphatic heterocycles. The summed E-state index contributed by atoms with van der Waals surface area (Å²) in [6.07, 6.45) is 2.52. The molecule has 1 N–H and O–H groups in total. The highest BCUT2D eigenvalue weighted by Crippen LogP contribution is 2.22. The largest absolute Gasteiger partial charge is 0.497 e. The van der Waals surface area contributed by atoms with E-state index in [9.17, 15) is 9.18 Å². The van der Waals surface area contributed by atoms with Crippen LogP contribution in [0.3, 0.4) is 0 Å². The number of nitrogens with one attached hydrogen (secondary N) is 1. The van der Waals surface area contributed by atoms with Crippen molar-refractivity contribution in [1.29, 1.82) is 0 Å². The van der Waals surface area contributed by atoms with Crippen molar-refractivity contribution in [1.82, 2.24) is 15.5 Å². The van der Waals surface area contributed by atoms with Gasteiger partial charge >= 0.3 is 0 Å². The maximum atomic E-state index is 13.3. The van der Waals surface area contributed by atoms with E-state index in [-0.39, 0.29) is 24.2 Å². The molecule has 2 aromatic carbocycles. The van der Waals surface area contributed by atoms with Gasteiger partial charge in [-0.05, 0) is 53.9 Å². The van der Waals surface area contributed by atoms with Crippen molar-refractivity contribution in [2.75, 3.05) is 7.11 Å². The van der Waals surface area contributed by atoms with Gasteiger partial charge in [-0.25, -0.2) is 4.39 Å². The standard InChI is InChI=1S/C24H22FN3O4/c1-30-19-10-6-17(7-11-19)20(15-16-4-8-18(25)9-5-16)26-22(29)12-13-23-27-24(28-32-23)21-3-2-14-31-21/h2-11,14,20H,12-13,15H2,1H3,(H,26,29). The number of aromatic nitrogens is 2. The van der Waals surface area contributed by atoms with Gasteiger partial charge in [0.25, 0.3) is 0 Å². The van der Waals surface area contributed by atoms with Crippen molar-refractivity contribution in [2.24, 2.45) is 0 Å². The molecule has 1 unspecified atom stereocenters. The zero-order valence-corrected chi connectivity index (χ0v) is 17.5. The number of carbonyl (C=O) groups excluding carboxylic acids is 1. The maximum Gasteiger partial charge on any atom is 0.238 e. The number of methoxy groups -OCH3 is 1. The molecule has 1 amide bonds. The molecular formula is C24H22FN3O4. The van der Waals surface area contributed by atoms with Crippen molar-refractivity contribution < 1.29 is 22.9 Å². The smallest absolute Gasteiger partial charge is 0.238 e. The zero-order chi connectivity index (χ0) is 22.3. The highest BCUT2D eigenvalue weighted by molar-refractivity contribution is 5.76. The average Bonchev–Trinajstić information content (AvgIpc) is 3.51. The van der Waals surface area contributed by atoms with Crippen LogP contribution in [0.5, 0.6) is 5.75 Å². The molecule has 4 rings (SSSR count). The van der Waals surface area contributed by atoms with E-state index in [2.05, 4.69) is 15.5 Å². The molecule has 0 aliphatic carbocycles. The van der Waals surface area contributed by atoms with Crippen LogP contribution in [0.15, 0.2) is 75.9 Å². The number of hydrogen-bond acceptors (Lipinski definition) is 6. The van der Waals surface area contributed by atoms with Gasteiger partial charge in [0, 0.05) is 12.8 Å². The lowest BCUT2D eigenvalue weighted by molar-refractivity contribution is -0.121. The molecule has 0 bridgehead atoms. The van der Waals surface area contributed by atoms with Crippen LogP contribution in [0.2, 0.25) is 0 Å². The topological polar surface area (TPSA) is 90.4 Å². The predicted octanol–water partition coefficient (Wildman–Crippen LogP) is 4.51. The molecule has 32 heavy (non-hydrogen) atoms. The number of hydrogen-bond donors (Lipinski definition) is 1. The minimum Gasteiger partial charge on any atom is -0.497 e. The lowest BCUT2D eigenvalue weighted by Gasteiger charge is -2.20. The first-order valence-electron chi connectivity index (χ1n) is 10.1. The number of amides is 1. The molecular weight excluding hydrogens is 413 g/mol. The van der Waals surface area contributed by atoms with Crippen molar-refractivity contribution in [3.05, 3.63) is 89.8 Å². The SMILES string of the molecule is COc1ccc(C(Cc2ccc(F)cc2)NC(=O)CCc2nc(-c3ccco3)no2)cc1. The molecule has 0 aliphatic rings. The monoisotopic (exact) mass is 435 g/mol. The summed E-state index contributed by atoms with van der Waals surface area (Å²) >= 11 is 0. The predicted molar refractivity (Wildman–Crippen MR) is 114 cm³/mol. The summed E-state index contributed by atoms with van der Waals surface area (Å²) in [4.78, 5) is 17.0. The van der Waals surface area contributed by atoms with E-state index in [4.69, 9.17) is 13.7 Å². The van der Waals surface area contributed by atoms with Crippen molar-refractivity contribution in [2.45, 2.75) is 25.3 Å². The maximum absolute atomic E-state index is 13.3. The number of rotatable bonds is 9. The Morgan fingerprint density at radius 3 is 2.59 bits per heavy atom. The Hall–Kier alpha value is -3.94. The molecule has 164 valence electrons. The molecule has 2 heterocycles. The van der Waals surface area contributed by atoms with E-state index in [0.29, 0.717) is 30.3 Å². The molecule has 1 atom stereocenters. The summed E-state index contributed by atoms with van der Waals surface area (Å²) in [5.41, 5.74) is 1.83. The molecule has 7 nitrogen and oxygen atoms in total. The van der Waals surface area contributed by atoms with Crippen LogP contribution in [-0.4, -0.2) is 23.2 Å². The molecule has 0 spiro atoms. The van der Waals surface area contributed by atoms with E-state index in [1.165, 1.54) is 18.4 Å². The molecule has 8 heteroatoms. The lowest BCUT2D eigenvalue weighted by atomic mass is 9.98. The number of nitrogens with zero attached hydrogens (tertiary/aromatic N) is 2. The number of ether oxygens (including phenoxy) is 1. The zero-order valence-electron chi connectivity index (χ0n) is 17.5. The summed E-state index contributed by atoms with van der Waals surface area (Å²) < 4.78 is 29.0. The van der Waals surface area contributed by atoms with E-state index >= 15 is 0 Å². The highest BCUT2D eigenvalue weighted by atomic mass is 19.1. The van der Waals surface area contributed by atoms with Crippen molar-refractivity contribution >= 4 is 5.91 Å². The van der Waals surface area contributed by atoms with Crippen molar-refractivity contribution in [3.8, 4) is 17.3 Å². The molecule has 0 radical (unpaired) electrons. The van der Waals surface area contributed by atoms with Gasteiger partial charge < -0.3 is 19.0 Å². The Kier molecular flexibility index (Phi) is 6.60. The van der Waals surface area contributed by atoms with Crippen LogP contribution in [0.4, 0.5) is 4.39 Å². The number of benzene rings is 2. The first kappa shape index (κ1) is 21.3. The van der Waals surface area contributed by atoms with E-state index in [0.717, 1.165) is 16.9 Å². The minimum absolute atomic E-state index is 0.161. The fourth-order valence-electron chi connectivity index (χ4n) is 3.29. The van der Waals surface area contributed by atoms with Crippen LogP contribution in [-0.2, 0) is 17.6 Å². The molecule has 0 saturated heterocycles. The third-order valence-electron chi connectivity index (χ3n) is 4.98. The Morgan fingerprint density at radius 2 is 1.91 bits per heavy atom. The van der Waals surface area contributed by atoms with Crippen molar-refractivity contribution in [3.63, 3.8) is 0 Å². The second-order valence-electron chi connectivity index (χ2n) is 7.21. The van der Waals surface area contributed by atoms with Gasteiger partial charge in [-0.2, -0.15) is 4.98 Å². The van der Waals surface area contributed by atoms with Crippen LogP contribution >= 0.6 is 0 Å². The molecule has 2 aromatic heterocycles. The first-order chi connectivity index (χ1) is 15.6. The molecule has 4 aromatic rings. The Labute approximate surface area is 184 Å². The summed E-state index contributed by atoms with van der Waals surface area (Å²) in [5, 5.41) is 6.93. The normalized spacial score (nSPS) is 11.8. The average molecular weight is 435 g/mol. The van der Waals surface area contributed by atoms with Gasteiger partial charge in [-0.1, -0.05) is 29.4 Å². The van der Waals surface area contributed by atoms with Gasteiger partial charge in [0.2, 0.25) is 17.6 Å². The summed E-state index contributed by atoms with van der Waals surface area (Å²) in [6.45, 7) is 0. The number of carbonyl (C=O) groups is 1. The third-order valence-corrected chi connectivity index (χ3v) is 4.98. The first-order valence-corrected chi connectivity index (χ1v) is 10.1. The van der Waals surface area contributed by atoms with Gasteiger partial charge in [0.15, 0.2) is 5.76 Å². The van der Waals surface area contributed by atoms with Gasteiger partial charge in [0.05, 0.1) is 19.4 Å². The number of halogens is 1. The lowest BCUT2D eigenvalue weighted by Crippen LogP contribution is -2.30. The van der Waals surface area contributed by atoms with Crippen LogP contribution in [0.1, 0.15) is 29.5 Å². The summed E-state index contributed by atoms with van der Waals surface area (Å²) in [6, 6.07) is 16.9. The minimum atomic E-state index is -0.299. The fraction of sp³-hybridized carbons (Fsp3) is 0.208. The Balaban J connectivity index is 1.42. The number of furan rings is 1. The van der Waals surface area contributed by atoms with Crippen LogP contribution in [0, 0.1) is 5.82 Å². The second-order valence-corrected chi connectivity index (χ2v) is 7.21. The van der Waals surface area contributed by atoms with Crippen LogP contribution < -0.4 is 10.1 Å². The van der Waals surface area contributed by atoms with E-state index < -0.39 is 0 Å². The molecule has 0 saturated carbocycles. The summed E-state index contributed by atoms with van der Waals surface area (Å²) in [7, 11) is 1.60. The van der Waals surface area contributed by atoms with E-state index in [1.807, 2.05) is 24.3 Å². The Morgan fingerprint density at radius 1 is 1.12 bits per heavy atom. The fourth-order valence-corrected chi connectivity index (χ4v) is 3.29. The van der Waals surface area contributed by atoms with Gasteiger partial charge in [-0.15, -0.1) is 0 Å². The highest BCUT2D eigenvalue weighted by Gasteiger charge is 2.17. The molecule has 0 fully saturated rings. The quantitative estimate of drug-likeness (QED) is 0.416. The summed E-state index contributed by atoms with van der Waals surface area (Å²) in [5.74, 6) is 1.47. The number of aryl methyl sites for hydroxylation is 1. The Bertz CT molecular complexity index is 1140. The van der Waals surface area contributed by atoms with Gasteiger partial charge in [-0.3, -0.25) is 4.79 Å². The van der Waals surface area contributed by atoms with Gasteiger partial charge in [0.1, 0.15) is 11.6 Å². The second kappa shape index (κ2) is 9.91.